The van der Waals surface area contributed by atoms with E-state index in [1.54, 1.807) is 6.08 Å². The second-order valence-corrected chi connectivity index (χ2v) is 3.43. The molecule has 0 saturated carbocycles. The number of benzene rings is 1. The third-order valence-corrected chi connectivity index (χ3v) is 2.04. The lowest BCUT2D eigenvalue weighted by Gasteiger charge is -2.05. The van der Waals surface area contributed by atoms with Gasteiger partial charge in [-0.25, -0.2) is 0 Å². The quantitative estimate of drug-likeness (QED) is 0.636. The van der Waals surface area contributed by atoms with E-state index >= 15 is 0 Å². The van der Waals surface area contributed by atoms with Gasteiger partial charge >= 0.3 is 5.97 Å². The normalized spacial score (nSPS) is 12.3. The molecule has 1 atom stereocenters. The molecular weight excluding hydrogens is 220 g/mol. The summed E-state index contributed by atoms with van der Waals surface area (Å²) >= 11 is 0. The number of hydrogen-bond donors (Lipinski definition) is 3. The first-order valence-corrected chi connectivity index (χ1v) is 5.09. The van der Waals surface area contributed by atoms with Crippen LogP contribution in [0.25, 0.3) is 6.08 Å². The van der Waals surface area contributed by atoms with Gasteiger partial charge in [-0.05, 0) is 11.6 Å². The van der Waals surface area contributed by atoms with Crippen molar-refractivity contribution >= 4 is 18.0 Å². The van der Waals surface area contributed by atoms with E-state index in [1.165, 1.54) is 6.08 Å². The zero-order chi connectivity index (χ0) is 12.7. The summed E-state index contributed by atoms with van der Waals surface area (Å²) in [6.07, 6.45) is 2.98. The van der Waals surface area contributed by atoms with Crippen LogP contribution in [0.5, 0.6) is 0 Å². The van der Waals surface area contributed by atoms with E-state index in [0.717, 1.165) is 5.56 Å². The molecule has 0 saturated heterocycles. The fourth-order valence-electron chi connectivity index (χ4n) is 1.09. The number of amides is 1. The minimum Gasteiger partial charge on any atom is -0.480 e. The van der Waals surface area contributed by atoms with Gasteiger partial charge in [-0.3, -0.25) is 9.59 Å². The fourth-order valence-corrected chi connectivity index (χ4v) is 1.09. The second-order valence-electron chi connectivity index (χ2n) is 3.43. The molecule has 1 amide bonds. The van der Waals surface area contributed by atoms with Gasteiger partial charge < -0.3 is 16.2 Å². The zero-order valence-corrected chi connectivity index (χ0v) is 9.17. The topological polar surface area (TPSA) is 92.4 Å². The standard InChI is InChI=1S/C12H14N2O3/c13-10(12(16)17)8-14-11(15)7-6-9-4-2-1-3-5-9/h1-7,10H,8,13H2,(H,14,15)(H,16,17)/b7-6+/t10-/m0/s1. The minimum absolute atomic E-state index is 0.0900. The summed E-state index contributed by atoms with van der Waals surface area (Å²) in [5.74, 6) is -1.51. The molecule has 4 N–H and O–H groups in total. The lowest BCUT2D eigenvalue weighted by atomic mass is 10.2. The summed E-state index contributed by atoms with van der Waals surface area (Å²) in [5.41, 5.74) is 6.13. The maximum absolute atomic E-state index is 11.3. The number of carboxylic acids is 1. The van der Waals surface area contributed by atoms with Gasteiger partial charge in [-0.1, -0.05) is 30.3 Å². The molecule has 1 rings (SSSR count). The van der Waals surface area contributed by atoms with Crippen molar-refractivity contribution in [2.75, 3.05) is 6.54 Å². The van der Waals surface area contributed by atoms with Crippen LogP contribution in [0.3, 0.4) is 0 Å². The van der Waals surface area contributed by atoms with Crippen LogP contribution in [0.2, 0.25) is 0 Å². The van der Waals surface area contributed by atoms with Gasteiger partial charge in [0.05, 0.1) is 0 Å². The van der Waals surface area contributed by atoms with E-state index in [2.05, 4.69) is 5.32 Å². The lowest BCUT2D eigenvalue weighted by molar-refractivity contribution is -0.138. The predicted octanol–water partition coefficient (Wildman–Crippen LogP) is 0.228. The van der Waals surface area contributed by atoms with Crippen molar-refractivity contribution in [3.05, 3.63) is 42.0 Å². The average molecular weight is 234 g/mol. The molecule has 1 aromatic carbocycles. The number of carbonyl (C=O) groups is 2. The Bertz CT molecular complexity index is 415. The molecule has 90 valence electrons. The number of hydrogen-bond acceptors (Lipinski definition) is 3. The van der Waals surface area contributed by atoms with Gasteiger partial charge in [-0.2, -0.15) is 0 Å². The molecule has 0 aliphatic carbocycles. The Morgan fingerprint density at radius 3 is 2.59 bits per heavy atom. The molecule has 0 unspecified atom stereocenters. The van der Waals surface area contributed by atoms with Crippen molar-refractivity contribution in [2.24, 2.45) is 5.73 Å². The molecule has 5 nitrogen and oxygen atoms in total. The number of aliphatic carboxylic acids is 1. The molecule has 0 spiro atoms. The van der Waals surface area contributed by atoms with E-state index in [-0.39, 0.29) is 12.5 Å². The zero-order valence-electron chi connectivity index (χ0n) is 9.17. The second kappa shape index (κ2) is 6.44. The molecule has 0 heterocycles. The van der Waals surface area contributed by atoms with Crippen molar-refractivity contribution < 1.29 is 14.7 Å². The summed E-state index contributed by atoms with van der Waals surface area (Å²) in [5, 5.41) is 10.9. The van der Waals surface area contributed by atoms with Gasteiger partial charge in [0, 0.05) is 12.6 Å². The van der Waals surface area contributed by atoms with Crippen LogP contribution in [0, 0.1) is 0 Å². The van der Waals surface area contributed by atoms with Crippen LogP contribution in [-0.2, 0) is 9.59 Å². The fraction of sp³-hybridized carbons (Fsp3) is 0.167. The summed E-state index contributed by atoms with van der Waals surface area (Å²) in [6.45, 7) is -0.0900. The predicted molar refractivity (Wildman–Crippen MR) is 64.1 cm³/mol. The first-order chi connectivity index (χ1) is 8.09. The summed E-state index contributed by atoms with van der Waals surface area (Å²) in [4.78, 5) is 21.7. The molecule has 0 radical (unpaired) electrons. The third-order valence-electron chi connectivity index (χ3n) is 2.04. The van der Waals surface area contributed by atoms with Crippen molar-refractivity contribution in [1.82, 2.24) is 5.32 Å². The van der Waals surface area contributed by atoms with Crippen molar-refractivity contribution in [1.29, 1.82) is 0 Å². The molecule has 0 aliphatic rings. The SMILES string of the molecule is N[C@@H](CNC(=O)/C=C/c1ccccc1)C(=O)O. The average Bonchev–Trinajstić information content (AvgIpc) is 2.34. The van der Waals surface area contributed by atoms with Crippen LogP contribution in [0.4, 0.5) is 0 Å². The molecule has 0 fully saturated rings. The number of carbonyl (C=O) groups excluding carboxylic acids is 1. The Balaban J connectivity index is 2.40. The van der Waals surface area contributed by atoms with Gasteiger partial charge in [0.2, 0.25) is 5.91 Å². The Morgan fingerprint density at radius 1 is 1.35 bits per heavy atom. The van der Waals surface area contributed by atoms with E-state index in [0.29, 0.717) is 0 Å². The summed E-state index contributed by atoms with van der Waals surface area (Å²) in [7, 11) is 0. The third kappa shape index (κ3) is 4.94. The highest BCUT2D eigenvalue weighted by Crippen LogP contribution is 2.00. The maximum Gasteiger partial charge on any atom is 0.322 e. The van der Waals surface area contributed by atoms with Gasteiger partial charge in [0.25, 0.3) is 0 Å². The number of rotatable bonds is 5. The molecule has 0 aliphatic heterocycles. The number of nitrogens with two attached hydrogens (primary N) is 1. The van der Waals surface area contributed by atoms with Crippen molar-refractivity contribution in [3.8, 4) is 0 Å². The molecule has 17 heavy (non-hydrogen) atoms. The van der Waals surface area contributed by atoms with Gasteiger partial charge in [0.1, 0.15) is 6.04 Å². The van der Waals surface area contributed by atoms with Crippen molar-refractivity contribution in [3.63, 3.8) is 0 Å². The van der Waals surface area contributed by atoms with Gasteiger partial charge in [0.15, 0.2) is 0 Å². The molecule has 1 aromatic rings. The Labute approximate surface area is 98.9 Å². The Morgan fingerprint density at radius 2 is 2.00 bits per heavy atom. The first kappa shape index (κ1) is 12.9. The number of nitrogens with one attached hydrogen (secondary N) is 1. The highest BCUT2D eigenvalue weighted by molar-refractivity contribution is 5.92. The first-order valence-electron chi connectivity index (χ1n) is 5.09. The largest absolute Gasteiger partial charge is 0.480 e. The highest BCUT2D eigenvalue weighted by atomic mass is 16.4. The molecule has 0 bridgehead atoms. The Hall–Kier alpha value is -2.14. The van der Waals surface area contributed by atoms with Crippen LogP contribution >= 0.6 is 0 Å². The van der Waals surface area contributed by atoms with Crippen LogP contribution in [0.15, 0.2) is 36.4 Å². The minimum atomic E-state index is -1.14. The van der Waals surface area contributed by atoms with Gasteiger partial charge in [-0.15, -0.1) is 0 Å². The van der Waals surface area contributed by atoms with Crippen LogP contribution in [0.1, 0.15) is 5.56 Å². The molecule has 5 heteroatoms. The smallest absolute Gasteiger partial charge is 0.322 e. The molecular formula is C12H14N2O3. The molecule has 0 aromatic heterocycles. The summed E-state index contributed by atoms with van der Waals surface area (Å²) < 4.78 is 0. The van der Waals surface area contributed by atoms with Crippen LogP contribution in [-0.4, -0.2) is 29.6 Å². The lowest BCUT2D eigenvalue weighted by Crippen LogP contribution is -2.41. The number of carboxylic acid groups (broad SMARTS) is 1. The van der Waals surface area contributed by atoms with E-state index < -0.39 is 12.0 Å². The summed E-state index contributed by atoms with van der Waals surface area (Å²) in [6, 6.07) is 8.22. The van der Waals surface area contributed by atoms with E-state index in [1.807, 2.05) is 30.3 Å². The van der Waals surface area contributed by atoms with Crippen LogP contribution < -0.4 is 11.1 Å². The van der Waals surface area contributed by atoms with Crippen molar-refractivity contribution in [2.45, 2.75) is 6.04 Å². The maximum atomic E-state index is 11.3. The monoisotopic (exact) mass is 234 g/mol. The Kier molecular flexibility index (Phi) is 4.90. The van der Waals surface area contributed by atoms with E-state index in [4.69, 9.17) is 10.8 Å². The van der Waals surface area contributed by atoms with E-state index in [9.17, 15) is 9.59 Å². The highest BCUT2D eigenvalue weighted by Gasteiger charge is 2.11.